The minimum atomic E-state index is -0.253. The molecule has 27 heavy (non-hydrogen) atoms. The number of aliphatic imine (C=N–C) groups is 1. The molecule has 0 spiro atoms. The Labute approximate surface area is 177 Å². The Kier molecular flexibility index (Phi) is 11.4. The van der Waals surface area contributed by atoms with Crippen molar-refractivity contribution in [1.82, 2.24) is 10.6 Å². The molecule has 2 aromatic rings. The number of rotatable bonds is 9. The number of methoxy groups -OCH3 is 1. The van der Waals surface area contributed by atoms with Gasteiger partial charge in [-0.3, -0.25) is 4.99 Å². The molecule has 0 aliphatic rings. The summed E-state index contributed by atoms with van der Waals surface area (Å²) in [5, 5.41) is 6.49. The summed E-state index contributed by atoms with van der Waals surface area (Å²) in [6.07, 6.45) is 0.925. The van der Waals surface area contributed by atoms with Crippen LogP contribution in [0.25, 0.3) is 0 Å². The van der Waals surface area contributed by atoms with Gasteiger partial charge in [-0.25, -0.2) is 4.39 Å². The first kappa shape index (κ1) is 23.2. The van der Waals surface area contributed by atoms with Gasteiger partial charge in [0.25, 0.3) is 0 Å². The standard InChI is InChI=1S/C20H26FN3O2.HI/c1-22-20(23-11-4-12-25-2)24-14-16-7-9-19(10-8-16)26-15-17-5-3-6-18(21)13-17;/h3,5-10,13H,4,11-12,14-15H2,1-2H3,(H2,22,23,24);1H. The highest BCUT2D eigenvalue weighted by molar-refractivity contribution is 14.0. The summed E-state index contributed by atoms with van der Waals surface area (Å²) in [7, 11) is 3.44. The summed E-state index contributed by atoms with van der Waals surface area (Å²) in [6, 6.07) is 14.2. The fourth-order valence-corrected chi connectivity index (χ4v) is 2.33. The van der Waals surface area contributed by atoms with Gasteiger partial charge in [-0.05, 0) is 41.8 Å². The molecule has 7 heteroatoms. The third kappa shape index (κ3) is 9.05. The summed E-state index contributed by atoms with van der Waals surface area (Å²) in [6.45, 7) is 2.53. The molecule has 148 valence electrons. The third-order valence-electron chi connectivity index (χ3n) is 3.72. The molecule has 2 N–H and O–H groups in total. The van der Waals surface area contributed by atoms with E-state index in [1.807, 2.05) is 30.3 Å². The highest BCUT2D eigenvalue weighted by atomic mass is 127. The molecular weight excluding hydrogens is 460 g/mol. The number of halogens is 2. The lowest BCUT2D eigenvalue weighted by Crippen LogP contribution is -2.37. The average Bonchev–Trinajstić information content (AvgIpc) is 2.67. The molecule has 0 unspecified atom stereocenters. The Morgan fingerprint density at radius 2 is 1.85 bits per heavy atom. The topological polar surface area (TPSA) is 54.9 Å². The van der Waals surface area contributed by atoms with Crippen molar-refractivity contribution in [2.45, 2.75) is 19.6 Å². The van der Waals surface area contributed by atoms with Gasteiger partial charge in [0.2, 0.25) is 0 Å². The molecule has 0 bridgehead atoms. The zero-order valence-electron chi connectivity index (χ0n) is 15.7. The number of hydrogen-bond donors (Lipinski definition) is 2. The van der Waals surface area contributed by atoms with E-state index in [1.54, 1.807) is 20.2 Å². The second-order valence-corrected chi connectivity index (χ2v) is 5.76. The molecule has 0 saturated heterocycles. The van der Waals surface area contributed by atoms with Crippen LogP contribution in [-0.4, -0.2) is 33.3 Å². The fraction of sp³-hybridized carbons (Fsp3) is 0.350. The highest BCUT2D eigenvalue weighted by Crippen LogP contribution is 2.14. The molecule has 0 amide bonds. The maximum atomic E-state index is 13.2. The zero-order valence-corrected chi connectivity index (χ0v) is 18.0. The number of nitrogens with zero attached hydrogens (tertiary/aromatic N) is 1. The van der Waals surface area contributed by atoms with Crippen molar-refractivity contribution in [3.8, 4) is 5.75 Å². The quantitative estimate of drug-likeness (QED) is 0.245. The first-order valence-electron chi connectivity index (χ1n) is 8.61. The monoisotopic (exact) mass is 487 g/mol. The molecular formula is C20H27FIN3O2. The normalized spacial score (nSPS) is 10.9. The van der Waals surface area contributed by atoms with Crippen LogP contribution in [0, 0.1) is 5.82 Å². The predicted octanol–water partition coefficient (Wildman–Crippen LogP) is 3.72. The number of benzene rings is 2. The van der Waals surface area contributed by atoms with E-state index in [0.717, 1.165) is 42.4 Å². The van der Waals surface area contributed by atoms with Crippen molar-refractivity contribution >= 4 is 29.9 Å². The first-order chi connectivity index (χ1) is 12.7. The number of ether oxygens (including phenoxy) is 2. The Balaban J connectivity index is 0.00000364. The summed E-state index contributed by atoms with van der Waals surface area (Å²) >= 11 is 0. The minimum Gasteiger partial charge on any atom is -0.489 e. The van der Waals surface area contributed by atoms with Crippen LogP contribution in [0.1, 0.15) is 17.5 Å². The molecule has 2 aromatic carbocycles. The summed E-state index contributed by atoms with van der Waals surface area (Å²) in [5.41, 5.74) is 1.92. The Morgan fingerprint density at radius 1 is 1.07 bits per heavy atom. The van der Waals surface area contributed by atoms with Crippen molar-refractivity contribution in [2.24, 2.45) is 4.99 Å². The van der Waals surface area contributed by atoms with Crippen molar-refractivity contribution in [1.29, 1.82) is 0 Å². The molecule has 0 heterocycles. The van der Waals surface area contributed by atoms with Gasteiger partial charge in [0.1, 0.15) is 18.2 Å². The molecule has 0 aliphatic carbocycles. The Bertz CT molecular complexity index is 696. The predicted molar refractivity (Wildman–Crippen MR) is 117 cm³/mol. The van der Waals surface area contributed by atoms with E-state index in [4.69, 9.17) is 9.47 Å². The molecule has 0 aliphatic heterocycles. The van der Waals surface area contributed by atoms with Gasteiger partial charge < -0.3 is 20.1 Å². The maximum absolute atomic E-state index is 13.2. The van der Waals surface area contributed by atoms with E-state index < -0.39 is 0 Å². The van der Waals surface area contributed by atoms with E-state index in [0.29, 0.717) is 13.2 Å². The maximum Gasteiger partial charge on any atom is 0.191 e. The van der Waals surface area contributed by atoms with Crippen LogP contribution in [0.15, 0.2) is 53.5 Å². The van der Waals surface area contributed by atoms with Gasteiger partial charge >= 0.3 is 0 Å². The van der Waals surface area contributed by atoms with Crippen LogP contribution in [0.5, 0.6) is 5.75 Å². The molecule has 5 nitrogen and oxygen atoms in total. The Morgan fingerprint density at radius 3 is 2.52 bits per heavy atom. The highest BCUT2D eigenvalue weighted by Gasteiger charge is 2.01. The smallest absolute Gasteiger partial charge is 0.191 e. The van der Waals surface area contributed by atoms with Crippen LogP contribution in [0.3, 0.4) is 0 Å². The summed E-state index contributed by atoms with van der Waals surface area (Å²) in [4.78, 5) is 4.19. The van der Waals surface area contributed by atoms with Crippen LogP contribution in [0.4, 0.5) is 4.39 Å². The van der Waals surface area contributed by atoms with Gasteiger partial charge in [0.05, 0.1) is 0 Å². The number of guanidine groups is 1. The van der Waals surface area contributed by atoms with Crippen molar-refractivity contribution in [3.63, 3.8) is 0 Å². The number of hydrogen-bond acceptors (Lipinski definition) is 3. The van der Waals surface area contributed by atoms with Crippen LogP contribution in [-0.2, 0) is 17.9 Å². The largest absolute Gasteiger partial charge is 0.489 e. The molecule has 0 fully saturated rings. The average molecular weight is 487 g/mol. The second kappa shape index (κ2) is 13.3. The first-order valence-corrected chi connectivity index (χ1v) is 8.61. The molecule has 0 atom stereocenters. The van der Waals surface area contributed by atoms with E-state index >= 15 is 0 Å². The second-order valence-electron chi connectivity index (χ2n) is 5.76. The summed E-state index contributed by atoms with van der Waals surface area (Å²) < 4.78 is 23.9. The zero-order chi connectivity index (χ0) is 18.6. The third-order valence-corrected chi connectivity index (χ3v) is 3.72. The lowest BCUT2D eigenvalue weighted by atomic mass is 10.2. The van der Waals surface area contributed by atoms with Gasteiger partial charge in [0.15, 0.2) is 5.96 Å². The SMILES string of the molecule is CN=C(NCCCOC)NCc1ccc(OCc2cccc(F)c2)cc1.I. The van der Waals surface area contributed by atoms with Crippen LogP contribution >= 0.6 is 24.0 Å². The van der Waals surface area contributed by atoms with E-state index in [9.17, 15) is 4.39 Å². The van der Waals surface area contributed by atoms with E-state index in [2.05, 4.69) is 15.6 Å². The van der Waals surface area contributed by atoms with Gasteiger partial charge in [-0.15, -0.1) is 24.0 Å². The van der Waals surface area contributed by atoms with E-state index in [1.165, 1.54) is 12.1 Å². The number of nitrogens with one attached hydrogen (secondary N) is 2. The minimum absolute atomic E-state index is 0. The van der Waals surface area contributed by atoms with Gasteiger partial charge in [-0.1, -0.05) is 24.3 Å². The fourth-order valence-electron chi connectivity index (χ4n) is 2.33. The van der Waals surface area contributed by atoms with Crippen LogP contribution < -0.4 is 15.4 Å². The van der Waals surface area contributed by atoms with E-state index in [-0.39, 0.29) is 29.8 Å². The van der Waals surface area contributed by atoms with Crippen LogP contribution in [0.2, 0.25) is 0 Å². The molecule has 0 radical (unpaired) electrons. The lowest BCUT2D eigenvalue weighted by Gasteiger charge is -2.12. The Hall–Kier alpha value is -1.87. The lowest BCUT2D eigenvalue weighted by molar-refractivity contribution is 0.195. The van der Waals surface area contributed by atoms with Crippen molar-refractivity contribution < 1.29 is 13.9 Å². The van der Waals surface area contributed by atoms with Crippen molar-refractivity contribution in [2.75, 3.05) is 27.3 Å². The van der Waals surface area contributed by atoms with Crippen molar-refractivity contribution in [3.05, 3.63) is 65.5 Å². The summed E-state index contributed by atoms with van der Waals surface area (Å²) in [5.74, 6) is 1.25. The van der Waals surface area contributed by atoms with Gasteiger partial charge in [0, 0.05) is 33.9 Å². The molecule has 2 rings (SSSR count). The molecule has 0 aromatic heterocycles. The molecule has 0 saturated carbocycles. The van der Waals surface area contributed by atoms with Gasteiger partial charge in [-0.2, -0.15) is 0 Å².